The fourth-order valence-corrected chi connectivity index (χ4v) is 2.24. The van der Waals surface area contributed by atoms with Gasteiger partial charge in [0.1, 0.15) is 23.1 Å². The molecule has 3 aromatic rings. The largest absolute Gasteiger partial charge is 0.480 e. The average molecular weight is 317 g/mol. The van der Waals surface area contributed by atoms with E-state index in [1.165, 1.54) is 43.4 Å². The molecular formula is C14H12FN5O3. The number of carbonyl (C=O) groups excluding carboxylic acids is 1. The number of halogens is 1. The highest BCUT2D eigenvalue weighted by Gasteiger charge is 2.20. The quantitative estimate of drug-likeness (QED) is 0.726. The zero-order valence-electron chi connectivity index (χ0n) is 12.3. The molecule has 0 aliphatic heterocycles. The number of esters is 1. The number of pyridine rings is 1. The predicted molar refractivity (Wildman–Crippen MR) is 78.5 cm³/mol. The number of ether oxygens (including phenoxy) is 2. The van der Waals surface area contributed by atoms with Gasteiger partial charge in [0, 0.05) is 17.8 Å². The van der Waals surface area contributed by atoms with Crippen molar-refractivity contribution < 1.29 is 18.7 Å². The monoisotopic (exact) mass is 317 g/mol. The maximum Gasteiger partial charge on any atom is 0.343 e. The second kappa shape index (κ2) is 5.52. The Labute approximate surface area is 129 Å². The summed E-state index contributed by atoms with van der Waals surface area (Å²) in [4.78, 5) is 19.7. The van der Waals surface area contributed by atoms with E-state index >= 15 is 0 Å². The third-order valence-electron chi connectivity index (χ3n) is 3.28. The van der Waals surface area contributed by atoms with Crippen LogP contribution >= 0.6 is 0 Å². The number of nitrogen functional groups attached to an aromatic ring is 1. The van der Waals surface area contributed by atoms with Crippen molar-refractivity contribution in [3.05, 3.63) is 36.0 Å². The molecule has 0 aromatic carbocycles. The van der Waals surface area contributed by atoms with E-state index in [1.807, 2.05) is 0 Å². The Hall–Kier alpha value is -3.23. The first kappa shape index (κ1) is 14.7. The number of methoxy groups -OCH3 is 2. The normalized spacial score (nSPS) is 10.7. The van der Waals surface area contributed by atoms with Gasteiger partial charge in [-0.2, -0.15) is 5.10 Å². The highest BCUT2D eigenvalue weighted by atomic mass is 19.1. The van der Waals surface area contributed by atoms with E-state index in [-0.39, 0.29) is 23.0 Å². The van der Waals surface area contributed by atoms with Crippen LogP contribution in [-0.2, 0) is 4.74 Å². The highest BCUT2D eigenvalue weighted by molar-refractivity contribution is 5.93. The molecule has 0 aliphatic carbocycles. The van der Waals surface area contributed by atoms with E-state index < -0.39 is 11.8 Å². The number of anilines is 1. The smallest absolute Gasteiger partial charge is 0.343 e. The van der Waals surface area contributed by atoms with Crippen molar-refractivity contribution in [3.8, 4) is 17.1 Å². The average Bonchev–Trinajstić information content (AvgIpc) is 2.91. The van der Waals surface area contributed by atoms with Gasteiger partial charge in [0.05, 0.1) is 14.2 Å². The summed E-state index contributed by atoms with van der Waals surface area (Å²) in [5.41, 5.74) is 6.53. The van der Waals surface area contributed by atoms with Crippen LogP contribution in [0.1, 0.15) is 10.4 Å². The minimum absolute atomic E-state index is 0.0730. The van der Waals surface area contributed by atoms with Crippen molar-refractivity contribution in [2.45, 2.75) is 0 Å². The molecule has 118 valence electrons. The Morgan fingerprint density at radius 3 is 2.78 bits per heavy atom. The number of hydrogen-bond acceptors (Lipinski definition) is 7. The van der Waals surface area contributed by atoms with Gasteiger partial charge in [-0.1, -0.05) is 0 Å². The third kappa shape index (κ3) is 2.31. The summed E-state index contributed by atoms with van der Waals surface area (Å²) in [6.45, 7) is 0. The molecule has 9 heteroatoms. The molecule has 0 atom stereocenters. The fraction of sp³-hybridized carbons (Fsp3) is 0.143. The van der Waals surface area contributed by atoms with Crippen LogP contribution in [0.3, 0.4) is 0 Å². The molecule has 0 fully saturated rings. The number of hydrogen-bond donors (Lipinski definition) is 1. The minimum atomic E-state index is -0.647. The summed E-state index contributed by atoms with van der Waals surface area (Å²) < 4.78 is 25.3. The van der Waals surface area contributed by atoms with Crippen LogP contribution in [0.15, 0.2) is 24.7 Å². The van der Waals surface area contributed by atoms with Crippen molar-refractivity contribution in [2.75, 3.05) is 20.0 Å². The van der Waals surface area contributed by atoms with Gasteiger partial charge in [-0.3, -0.25) is 0 Å². The molecule has 3 rings (SSSR count). The number of fused-ring (bicyclic) bond motifs is 1. The van der Waals surface area contributed by atoms with Gasteiger partial charge >= 0.3 is 5.97 Å². The summed E-state index contributed by atoms with van der Waals surface area (Å²) >= 11 is 0. The van der Waals surface area contributed by atoms with Crippen LogP contribution in [-0.4, -0.2) is 39.8 Å². The molecule has 0 unspecified atom stereocenters. The third-order valence-corrected chi connectivity index (χ3v) is 3.28. The van der Waals surface area contributed by atoms with Crippen molar-refractivity contribution >= 4 is 17.3 Å². The molecule has 0 bridgehead atoms. The number of nitrogens with two attached hydrogens (primary N) is 1. The van der Waals surface area contributed by atoms with Gasteiger partial charge in [0.15, 0.2) is 11.6 Å². The maximum atomic E-state index is 14.3. The zero-order valence-corrected chi connectivity index (χ0v) is 12.3. The molecule has 0 amide bonds. The summed E-state index contributed by atoms with van der Waals surface area (Å²) in [6, 6.07) is 2.63. The van der Waals surface area contributed by atoms with Crippen molar-refractivity contribution in [2.24, 2.45) is 0 Å². The highest BCUT2D eigenvalue weighted by Crippen LogP contribution is 2.29. The van der Waals surface area contributed by atoms with Crippen LogP contribution < -0.4 is 10.5 Å². The van der Waals surface area contributed by atoms with Gasteiger partial charge in [0.2, 0.25) is 5.88 Å². The molecular weight excluding hydrogens is 305 g/mol. The van der Waals surface area contributed by atoms with Gasteiger partial charge in [0.25, 0.3) is 0 Å². The topological polar surface area (TPSA) is 105 Å². The van der Waals surface area contributed by atoms with Crippen LogP contribution in [0.4, 0.5) is 10.2 Å². The number of carbonyl (C=O) groups is 1. The Balaban J connectivity index is 2.25. The molecule has 0 spiro atoms. The van der Waals surface area contributed by atoms with Crippen LogP contribution in [0, 0.1) is 5.82 Å². The Morgan fingerprint density at radius 2 is 2.09 bits per heavy atom. The lowest BCUT2D eigenvalue weighted by Gasteiger charge is -2.08. The lowest BCUT2D eigenvalue weighted by atomic mass is 10.1. The summed E-state index contributed by atoms with van der Waals surface area (Å²) in [7, 11) is 2.60. The summed E-state index contributed by atoms with van der Waals surface area (Å²) in [5, 5.41) is 3.99. The number of aromatic nitrogens is 4. The molecule has 3 aromatic heterocycles. The standard InChI is InChI=1S/C14H12FN5O3/c1-22-13-8(14(21)23-2)3-7(5-17-13)11-9(15)4-10-12(16)18-6-19-20(10)11/h3-6H,1-2H3,(H2,16,18,19). The minimum Gasteiger partial charge on any atom is -0.480 e. The molecule has 0 aliphatic rings. The molecule has 0 saturated carbocycles. The van der Waals surface area contributed by atoms with Gasteiger partial charge in [-0.25, -0.2) is 23.7 Å². The number of nitrogens with zero attached hydrogens (tertiary/aromatic N) is 4. The molecule has 3 heterocycles. The lowest BCUT2D eigenvalue weighted by Crippen LogP contribution is -2.07. The first-order valence-corrected chi connectivity index (χ1v) is 6.47. The van der Waals surface area contributed by atoms with E-state index in [4.69, 9.17) is 10.5 Å². The Kier molecular flexibility index (Phi) is 3.53. The second-order valence-electron chi connectivity index (χ2n) is 4.56. The second-order valence-corrected chi connectivity index (χ2v) is 4.56. The maximum absolute atomic E-state index is 14.3. The summed E-state index contributed by atoms with van der Waals surface area (Å²) in [6.07, 6.45) is 2.58. The fourth-order valence-electron chi connectivity index (χ4n) is 2.24. The van der Waals surface area contributed by atoms with E-state index in [1.54, 1.807) is 0 Å². The van der Waals surface area contributed by atoms with Crippen LogP contribution in [0.5, 0.6) is 5.88 Å². The van der Waals surface area contributed by atoms with Gasteiger partial charge < -0.3 is 15.2 Å². The first-order chi connectivity index (χ1) is 11.1. The van der Waals surface area contributed by atoms with Crippen molar-refractivity contribution in [1.82, 2.24) is 19.6 Å². The first-order valence-electron chi connectivity index (χ1n) is 6.47. The van der Waals surface area contributed by atoms with E-state index in [0.29, 0.717) is 11.1 Å². The predicted octanol–water partition coefficient (Wildman–Crippen LogP) is 1.31. The molecule has 23 heavy (non-hydrogen) atoms. The van der Waals surface area contributed by atoms with Crippen LogP contribution in [0.2, 0.25) is 0 Å². The Bertz CT molecular complexity index is 909. The molecule has 8 nitrogen and oxygen atoms in total. The van der Waals surface area contributed by atoms with Gasteiger partial charge in [-0.05, 0) is 6.07 Å². The summed E-state index contributed by atoms with van der Waals surface area (Å²) in [5.74, 6) is -0.998. The SMILES string of the molecule is COC(=O)c1cc(-c2c(F)cc3c(N)ncnn23)cnc1OC. The van der Waals surface area contributed by atoms with E-state index in [9.17, 15) is 9.18 Å². The van der Waals surface area contributed by atoms with Crippen LogP contribution in [0.25, 0.3) is 16.8 Å². The molecule has 2 N–H and O–H groups in total. The lowest BCUT2D eigenvalue weighted by molar-refractivity contribution is 0.0596. The number of rotatable bonds is 3. The van der Waals surface area contributed by atoms with Crippen molar-refractivity contribution in [3.63, 3.8) is 0 Å². The van der Waals surface area contributed by atoms with Gasteiger partial charge in [-0.15, -0.1) is 0 Å². The molecule has 0 radical (unpaired) electrons. The van der Waals surface area contributed by atoms with E-state index in [2.05, 4.69) is 19.8 Å². The Morgan fingerprint density at radius 1 is 1.30 bits per heavy atom. The molecule has 0 saturated heterocycles. The van der Waals surface area contributed by atoms with Crippen molar-refractivity contribution in [1.29, 1.82) is 0 Å². The van der Waals surface area contributed by atoms with E-state index in [0.717, 1.165) is 0 Å². The zero-order chi connectivity index (χ0) is 16.6.